The largest absolute Gasteiger partial charge is 0.326 e. The van der Waals surface area contributed by atoms with Crippen molar-refractivity contribution in [3.05, 3.63) is 0 Å². The minimum atomic E-state index is 0.00204. The Morgan fingerprint density at radius 1 is 1.19 bits per heavy atom. The predicted octanol–water partition coefficient (Wildman–Crippen LogP) is 2.55. The van der Waals surface area contributed by atoms with Gasteiger partial charge in [0.15, 0.2) is 0 Å². The highest BCUT2D eigenvalue weighted by Crippen LogP contribution is 2.21. The molecule has 4 nitrogen and oxygen atoms in total. The molecule has 1 aliphatic rings. The zero-order chi connectivity index (χ0) is 16.0. The lowest BCUT2D eigenvalue weighted by atomic mass is 10.0. The first kappa shape index (κ1) is 18.4. The van der Waals surface area contributed by atoms with E-state index in [0.29, 0.717) is 17.7 Å². The SMILES string of the molecule is CCN(CC)CCCN1C(=O)C(C(C)C)NC1CC(C)C. The first-order valence-corrected chi connectivity index (χ1v) is 8.69. The smallest absolute Gasteiger partial charge is 0.241 e. The van der Waals surface area contributed by atoms with Gasteiger partial charge in [-0.1, -0.05) is 41.5 Å². The van der Waals surface area contributed by atoms with Gasteiger partial charge in [-0.15, -0.1) is 0 Å². The Morgan fingerprint density at radius 3 is 2.29 bits per heavy atom. The maximum absolute atomic E-state index is 12.6. The summed E-state index contributed by atoms with van der Waals surface area (Å²) in [6.07, 6.45) is 2.33. The van der Waals surface area contributed by atoms with E-state index < -0.39 is 0 Å². The molecular weight excluding hydrogens is 262 g/mol. The summed E-state index contributed by atoms with van der Waals surface area (Å²) in [4.78, 5) is 17.1. The molecule has 1 amide bonds. The van der Waals surface area contributed by atoms with Gasteiger partial charge in [0.05, 0.1) is 12.2 Å². The molecule has 0 aromatic carbocycles. The fraction of sp³-hybridized carbons (Fsp3) is 0.941. The van der Waals surface area contributed by atoms with E-state index in [-0.39, 0.29) is 12.2 Å². The fourth-order valence-corrected chi connectivity index (χ4v) is 3.09. The molecule has 0 spiro atoms. The number of hydrogen-bond acceptors (Lipinski definition) is 3. The zero-order valence-corrected chi connectivity index (χ0v) is 14.9. The van der Waals surface area contributed by atoms with Gasteiger partial charge < -0.3 is 9.80 Å². The van der Waals surface area contributed by atoms with Crippen molar-refractivity contribution in [1.29, 1.82) is 0 Å². The number of amides is 1. The number of carbonyl (C=O) groups is 1. The summed E-state index contributed by atoms with van der Waals surface area (Å²) in [5.41, 5.74) is 0. The molecule has 1 heterocycles. The van der Waals surface area contributed by atoms with Gasteiger partial charge >= 0.3 is 0 Å². The molecule has 4 heteroatoms. The van der Waals surface area contributed by atoms with Crippen LogP contribution in [0.3, 0.4) is 0 Å². The van der Waals surface area contributed by atoms with Crippen LogP contribution in [0.2, 0.25) is 0 Å². The van der Waals surface area contributed by atoms with Crippen molar-refractivity contribution < 1.29 is 4.79 Å². The molecule has 0 aromatic rings. The van der Waals surface area contributed by atoms with Crippen molar-refractivity contribution in [1.82, 2.24) is 15.1 Å². The highest BCUT2D eigenvalue weighted by Gasteiger charge is 2.39. The fourth-order valence-electron chi connectivity index (χ4n) is 3.09. The lowest BCUT2D eigenvalue weighted by Gasteiger charge is -2.27. The molecule has 0 saturated carbocycles. The topological polar surface area (TPSA) is 35.6 Å². The molecule has 0 bridgehead atoms. The van der Waals surface area contributed by atoms with Crippen LogP contribution in [-0.4, -0.2) is 54.1 Å². The summed E-state index contributed by atoms with van der Waals surface area (Å²) in [6.45, 7) is 17.2. The van der Waals surface area contributed by atoms with Gasteiger partial charge in [0.1, 0.15) is 0 Å². The van der Waals surface area contributed by atoms with E-state index in [0.717, 1.165) is 39.0 Å². The average molecular weight is 297 g/mol. The van der Waals surface area contributed by atoms with Crippen molar-refractivity contribution in [2.45, 2.75) is 66.6 Å². The van der Waals surface area contributed by atoms with Crippen LogP contribution in [0.4, 0.5) is 0 Å². The lowest BCUT2D eigenvalue weighted by molar-refractivity contribution is -0.131. The van der Waals surface area contributed by atoms with Crippen molar-refractivity contribution in [2.24, 2.45) is 11.8 Å². The van der Waals surface area contributed by atoms with Gasteiger partial charge in [0.25, 0.3) is 0 Å². The molecule has 1 fully saturated rings. The summed E-state index contributed by atoms with van der Waals surface area (Å²) >= 11 is 0. The van der Waals surface area contributed by atoms with E-state index in [9.17, 15) is 4.79 Å². The second-order valence-corrected chi connectivity index (χ2v) is 6.95. The van der Waals surface area contributed by atoms with Gasteiger partial charge in [-0.3, -0.25) is 10.1 Å². The number of nitrogens with one attached hydrogen (secondary N) is 1. The number of nitrogens with zero attached hydrogens (tertiary/aromatic N) is 2. The zero-order valence-electron chi connectivity index (χ0n) is 14.9. The monoisotopic (exact) mass is 297 g/mol. The minimum Gasteiger partial charge on any atom is -0.326 e. The first-order valence-electron chi connectivity index (χ1n) is 8.69. The average Bonchev–Trinajstić information content (AvgIpc) is 2.71. The van der Waals surface area contributed by atoms with Gasteiger partial charge in [-0.25, -0.2) is 0 Å². The summed E-state index contributed by atoms with van der Waals surface area (Å²) in [6, 6.07) is 0.00204. The lowest BCUT2D eigenvalue weighted by Crippen LogP contribution is -2.40. The summed E-state index contributed by atoms with van der Waals surface area (Å²) in [5.74, 6) is 1.27. The normalized spacial score (nSPS) is 23.1. The van der Waals surface area contributed by atoms with E-state index >= 15 is 0 Å². The first-order chi connectivity index (χ1) is 9.90. The van der Waals surface area contributed by atoms with Gasteiger partial charge in [-0.05, 0) is 44.3 Å². The molecule has 21 heavy (non-hydrogen) atoms. The third-order valence-electron chi connectivity index (χ3n) is 4.43. The molecule has 0 radical (unpaired) electrons. The van der Waals surface area contributed by atoms with Crippen LogP contribution >= 0.6 is 0 Å². The predicted molar refractivity (Wildman–Crippen MR) is 89.1 cm³/mol. The highest BCUT2D eigenvalue weighted by atomic mass is 16.2. The van der Waals surface area contributed by atoms with Crippen LogP contribution in [-0.2, 0) is 4.79 Å². The summed E-state index contributed by atoms with van der Waals surface area (Å²) in [7, 11) is 0. The van der Waals surface area contributed by atoms with Crippen molar-refractivity contribution in [3.63, 3.8) is 0 Å². The molecule has 2 atom stereocenters. The molecule has 1 aliphatic heterocycles. The molecule has 1 saturated heterocycles. The van der Waals surface area contributed by atoms with Crippen LogP contribution in [0.5, 0.6) is 0 Å². The van der Waals surface area contributed by atoms with Gasteiger partial charge in [-0.2, -0.15) is 0 Å². The Labute approximate surface area is 131 Å². The Bertz CT molecular complexity index is 313. The third-order valence-corrected chi connectivity index (χ3v) is 4.43. The summed E-state index contributed by atoms with van der Waals surface area (Å²) < 4.78 is 0. The van der Waals surface area contributed by atoms with Gasteiger partial charge in [0, 0.05) is 6.54 Å². The van der Waals surface area contributed by atoms with E-state index in [2.05, 4.69) is 56.7 Å². The van der Waals surface area contributed by atoms with E-state index in [1.165, 1.54) is 0 Å². The number of hydrogen-bond donors (Lipinski definition) is 1. The van der Waals surface area contributed by atoms with Crippen LogP contribution in [0.1, 0.15) is 54.4 Å². The van der Waals surface area contributed by atoms with E-state index in [1.807, 2.05) is 0 Å². The van der Waals surface area contributed by atoms with Crippen LogP contribution < -0.4 is 5.32 Å². The van der Waals surface area contributed by atoms with E-state index in [4.69, 9.17) is 0 Å². The molecule has 0 aliphatic carbocycles. The highest BCUT2D eigenvalue weighted by molar-refractivity contribution is 5.84. The van der Waals surface area contributed by atoms with Crippen molar-refractivity contribution in [3.8, 4) is 0 Å². The maximum atomic E-state index is 12.6. The van der Waals surface area contributed by atoms with Gasteiger partial charge in [0.2, 0.25) is 5.91 Å². The Morgan fingerprint density at radius 2 is 1.81 bits per heavy atom. The standard InChI is InChI=1S/C17H35N3O/c1-7-19(8-2)10-9-11-20-15(12-13(3)4)18-16(14(5)6)17(20)21/h13-16,18H,7-12H2,1-6H3. The van der Waals surface area contributed by atoms with E-state index in [1.54, 1.807) is 0 Å². The number of carbonyl (C=O) groups excluding carboxylic acids is 1. The molecule has 2 unspecified atom stereocenters. The third kappa shape index (κ3) is 5.26. The molecule has 1 rings (SSSR count). The second kappa shape index (κ2) is 8.74. The van der Waals surface area contributed by atoms with Crippen molar-refractivity contribution in [2.75, 3.05) is 26.2 Å². The summed E-state index contributed by atoms with van der Waals surface area (Å²) in [5, 5.41) is 3.55. The molecule has 1 N–H and O–H groups in total. The van der Waals surface area contributed by atoms with Crippen LogP contribution in [0.15, 0.2) is 0 Å². The van der Waals surface area contributed by atoms with Crippen LogP contribution in [0.25, 0.3) is 0 Å². The Balaban J connectivity index is 2.59. The second-order valence-electron chi connectivity index (χ2n) is 6.95. The quantitative estimate of drug-likeness (QED) is 0.710. The molecular formula is C17H35N3O. The Kier molecular flexibility index (Phi) is 7.67. The van der Waals surface area contributed by atoms with Crippen molar-refractivity contribution >= 4 is 5.91 Å². The maximum Gasteiger partial charge on any atom is 0.241 e. The molecule has 124 valence electrons. The Hall–Kier alpha value is -0.610. The molecule has 0 aromatic heterocycles. The minimum absolute atomic E-state index is 0.00204. The number of rotatable bonds is 9. The van der Waals surface area contributed by atoms with Crippen LogP contribution in [0, 0.1) is 11.8 Å².